The molecule has 0 amide bonds. The SMILES string of the molecule is O=c1[nH]c(=O)n(CCCCO)c(=O)n1CO. The smallest absolute Gasteiger partial charge is 0.338 e. The van der Waals surface area contributed by atoms with Gasteiger partial charge in [-0.1, -0.05) is 0 Å². The van der Waals surface area contributed by atoms with Crippen molar-refractivity contribution in [2.24, 2.45) is 0 Å². The lowest BCUT2D eigenvalue weighted by Gasteiger charge is -2.05. The van der Waals surface area contributed by atoms with Crippen LogP contribution in [0.1, 0.15) is 12.8 Å². The zero-order valence-electron chi connectivity index (χ0n) is 8.55. The van der Waals surface area contributed by atoms with Gasteiger partial charge in [0.2, 0.25) is 0 Å². The van der Waals surface area contributed by atoms with Gasteiger partial charge in [-0.15, -0.1) is 0 Å². The van der Waals surface area contributed by atoms with Crippen LogP contribution in [0, 0.1) is 0 Å². The summed E-state index contributed by atoms with van der Waals surface area (Å²) in [5, 5.41) is 17.3. The first-order chi connectivity index (χ1) is 7.61. The molecule has 16 heavy (non-hydrogen) atoms. The molecule has 0 aliphatic rings. The average Bonchev–Trinajstić information content (AvgIpc) is 2.23. The van der Waals surface area contributed by atoms with E-state index in [1.54, 1.807) is 0 Å². The first kappa shape index (κ1) is 12.4. The van der Waals surface area contributed by atoms with Crippen molar-refractivity contribution in [2.45, 2.75) is 26.1 Å². The van der Waals surface area contributed by atoms with Gasteiger partial charge in [-0.25, -0.2) is 23.5 Å². The van der Waals surface area contributed by atoms with Crippen molar-refractivity contribution in [3.63, 3.8) is 0 Å². The molecule has 8 nitrogen and oxygen atoms in total. The van der Waals surface area contributed by atoms with Crippen molar-refractivity contribution < 1.29 is 10.2 Å². The molecule has 90 valence electrons. The minimum Gasteiger partial charge on any atom is -0.396 e. The molecule has 0 saturated heterocycles. The van der Waals surface area contributed by atoms with Gasteiger partial charge in [0, 0.05) is 13.2 Å². The Balaban J connectivity index is 3.14. The highest BCUT2D eigenvalue weighted by molar-refractivity contribution is 4.73. The maximum absolute atomic E-state index is 11.5. The molecule has 0 aliphatic carbocycles. The fourth-order valence-electron chi connectivity index (χ4n) is 1.25. The Bertz CT molecular complexity index is 512. The molecule has 1 rings (SSSR count). The summed E-state index contributed by atoms with van der Waals surface area (Å²) < 4.78 is 1.33. The van der Waals surface area contributed by atoms with Gasteiger partial charge in [-0.3, -0.25) is 4.98 Å². The standard InChI is InChI=1S/C8H13N3O5/c12-4-2-1-3-10-6(14)9-7(15)11(5-13)8(10)16/h12-13H,1-5H2,(H,9,14,15). The van der Waals surface area contributed by atoms with Crippen molar-refractivity contribution in [3.8, 4) is 0 Å². The summed E-state index contributed by atoms with van der Waals surface area (Å²) in [4.78, 5) is 35.8. The summed E-state index contributed by atoms with van der Waals surface area (Å²) in [7, 11) is 0. The van der Waals surface area contributed by atoms with Crippen LogP contribution >= 0.6 is 0 Å². The average molecular weight is 231 g/mol. The summed E-state index contributed by atoms with van der Waals surface area (Å²) >= 11 is 0. The number of hydrogen-bond acceptors (Lipinski definition) is 5. The highest BCUT2D eigenvalue weighted by Gasteiger charge is 2.07. The number of nitrogens with zero attached hydrogens (tertiary/aromatic N) is 2. The van der Waals surface area contributed by atoms with Gasteiger partial charge < -0.3 is 10.2 Å². The Morgan fingerprint density at radius 1 is 1.00 bits per heavy atom. The summed E-state index contributed by atoms with van der Waals surface area (Å²) in [6.07, 6.45) is 0.882. The molecular weight excluding hydrogens is 218 g/mol. The maximum atomic E-state index is 11.5. The second-order valence-electron chi connectivity index (χ2n) is 3.17. The van der Waals surface area contributed by atoms with Crippen molar-refractivity contribution in [2.75, 3.05) is 6.61 Å². The van der Waals surface area contributed by atoms with Crippen LogP contribution in [-0.2, 0) is 13.3 Å². The molecule has 3 N–H and O–H groups in total. The third-order valence-corrected chi connectivity index (χ3v) is 2.10. The second kappa shape index (κ2) is 5.42. The Kier molecular flexibility index (Phi) is 4.20. The molecule has 0 atom stereocenters. The van der Waals surface area contributed by atoms with Crippen LogP contribution in [0.3, 0.4) is 0 Å². The zero-order chi connectivity index (χ0) is 12.1. The zero-order valence-corrected chi connectivity index (χ0v) is 8.55. The van der Waals surface area contributed by atoms with Crippen LogP contribution in [0.25, 0.3) is 0 Å². The summed E-state index contributed by atoms with van der Waals surface area (Å²) in [6, 6.07) is 0. The fraction of sp³-hybridized carbons (Fsp3) is 0.625. The van der Waals surface area contributed by atoms with E-state index < -0.39 is 23.8 Å². The van der Waals surface area contributed by atoms with Crippen LogP contribution in [0.15, 0.2) is 14.4 Å². The van der Waals surface area contributed by atoms with E-state index in [2.05, 4.69) is 0 Å². The molecule has 8 heteroatoms. The third-order valence-electron chi connectivity index (χ3n) is 2.10. The van der Waals surface area contributed by atoms with Crippen LogP contribution in [0.2, 0.25) is 0 Å². The number of nitrogens with one attached hydrogen (secondary N) is 1. The molecular formula is C8H13N3O5. The minimum absolute atomic E-state index is 0.0354. The van der Waals surface area contributed by atoms with Crippen molar-refractivity contribution >= 4 is 0 Å². The van der Waals surface area contributed by atoms with E-state index >= 15 is 0 Å². The predicted octanol–water partition coefficient (Wildman–Crippen LogP) is -2.58. The van der Waals surface area contributed by atoms with Gasteiger partial charge in [0.1, 0.15) is 6.73 Å². The molecule has 0 aromatic carbocycles. The van der Waals surface area contributed by atoms with Gasteiger partial charge in [-0.2, -0.15) is 0 Å². The van der Waals surface area contributed by atoms with E-state index in [4.69, 9.17) is 10.2 Å². The van der Waals surface area contributed by atoms with E-state index in [0.29, 0.717) is 17.4 Å². The first-order valence-electron chi connectivity index (χ1n) is 4.77. The molecule has 0 fully saturated rings. The van der Waals surface area contributed by atoms with Crippen molar-refractivity contribution in [1.29, 1.82) is 0 Å². The quantitative estimate of drug-likeness (QED) is 0.481. The molecule has 0 radical (unpaired) electrons. The van der Waals surface area contributed by atoms with E-state index in [1.165, 1.54) is 0 Å². The van der Waals surface area contributed by atoms with Crippen LogP contribution in [0.4, 0.5) is 0 Å². The summed E-state index contributed by atoms with van der Waals surface area (Å²) in [5.74, 6) is 0. The number of rotatable bonds is 5. The van der Waals surface area contributed by atoms with Gasteiger partial charge >= 0.3 is 17.1 Å². The Morgan fingerprint density at radius 2 is 1.62 bits per heavy atom. The number of aliphatic hydroxyl groups excluding tert-OH is 2. The maximum Gasteiger partial charge on any atom is 0.338 e. The number of H-pyrrole nitrogens is 1. The van der Waals surface area contributed by atoms with Crippen LogP contribution in [0.5, 0.6) is 0 Å². The molecule has 1 heterocycles. The molecule has 1 aromatic rings. The Labute approximate surface area is 89.4 Å². The molecule has 0 spiro atoms. The largest absolute Gasteiger partial charge is 0.396 e. The Morgan fingerprint density at radius 3 is 2.19 bits per heavy atom. The highest BCUT2D eigenvalue weighted by atomic mass is 16.3. The van der Waals surface area contributed by atoms with Gasteiger partial charge in [0.15, 0.2) is 0 Å². The lowest BCUT2D eigenvalue weighted by Crippen LogP contribution is -2.49. The molecule has 0 bridgehead atoms. The van der Waals surface area contributed by atoms with Crippen LogP contribution < -0.4 is 17.1 Å². The summed E-state index contributed by atoms with van der Waals surface area (Å²) in [6.45, 7) is -0.726. The number of aliphatic hydroxyl groups is 2. The van der Waals surface area contributed by atoms with Crippen LogP contribution in [-0.4, -0.2) is 30.9 Å². The van der Waals surface area contributed by atoms with Crippen molar-refractivity contribution in [1.82, 2.24) is 14.1 Å². The number of hydrogen-bond donors (Lipinski definition) is 3. The van der Waals surface area contributed by atoms with E-state index in [0.717, 1.165) is 4.57 Å². The monoisotopic (exact) mass is 231 g/mol. The molecule has 0 saturated carbocycles. The van der Waals surface area contributed by atoms with E-state index in [-0.39, 0.29) is 13.2 Å². The molecule has 0 unspecified atom stereocenters. The fourth-order valence-corrected chi connectivity index (χ4v) is 1.25. The van der Waals surface area contributed by atoms with E-state index in [1.807, 2.05) is 4.98 Å². The van der Waals surface area contributed by atoms with Gasteiger partial charge in [0.05, 0.1) is 0 Å². The highest BCUT2D eigenvalue weighted by Crippen LogP contribution is 1.87. The minimum atomic E-state index is -0.934. The lowest BCUT2D eigenvalue weighted by atomic mass is 10.3. The molecule has 0 aliphatic heterocycles. The lowest BCUT2D eigenvalue weighted by molar-refractivity contribution is 0.193. The molecule has 1 aromatic heterocycles. The second-order valence-corrected chi connectivity index (χ2v) is 3.17. The van der Waals surface area contributed by atoms with Gasteiger partial charge in [-0.05, 0) is 12.8 Å². The van der Waals surface area contributed by atoms with Crippen molar-refractivity contribution in [3.05, 3.63) is 31.5 Å². The number of aromatic amines is 1. The topological polar surface area (TPSA) is 117 Å². The normalized spacial score (nSPS) is 10.6. The predicted molar refractivity (Wildman–Crippen MR) is 54.1 cm³/mol. The third kappa shape index (κ3) is 2.47. The summed E-state index contributed by atoms with van der Waals surface area (Å²) in [5.41, 5.74) is -2.59. The number of aromatic nitrogens is 3. The number of unbranched alkanes of at least 4 members (excludes halogenated alkanes) is 1. The Hall–Kier alpha value is -1.67. The van der Waals surface area contributed by atoms with Gasteiger partial charge in [0.25, 0.3) is 0 Å². The first-order valence-corrected chi connectivity index (χ1v) is 4.77. The van der Waals surface area contributed by atoms with E-state index in [9.17, 15) is 14.4 Å².